The molecule has 2 fully saturated rings. The quantitative estimate of drug-likeness (QED) is 0.201. The van der Waals surface area contributed by atoms with Gasteiger partial charge in [-0.25, -0.2) is 0 Å². The number of rotatable bonds is 10. The van der Waals surface area contributed by atoms with Crippen molar-refractivity contribution in [3.8, 4) is 0 Å². The highest BCUT2D eigenvalue weighted by Crippen LogP contribution is 2.17. The van der Waals surface area contributed by atoms with Gasteiger partial charge in [-0.15, -0.1) is 24.0 Å². The number of guanidine groups is 1. The number of likely N-dealkylation sites (tertiary alicyclic amines) is 1. The van der Waals surface area contributed by atoms with Crippen LogP contribution in [0.5, 0.6) is 0 Å². The lowest BCUT2D eigenvalue weighted by Gasteiger charge is -2.36. The van der Waals surface area contributed by atoms with Crippen LogP contribution in [0.1, 0.15) is 38.2 Å². The highest BCUT2D eigenvalue weighted by Gasteiger charge is 2.19. The Hall–Kier alpha value is -1.55. The van der Waals surface area contributed by atoms with E-state index in [1.54, 1.807) is 0 Å². The van der Waals surface area contributed by atoms with Gasteiger partial charge in [-0.2, -0.15) is 0 Å². The van der Waals surface area contributed by atoms with Crippen molar-refractivity contribution in [3.63, 3.8) is 0 Å². The van der Waals surface area contributed by atoms with Crippen LogP contribution >= 0.6 is 24.0 Å². The van der Waals surface area contributed by atoms with Gasteiger partial charge in [0.2, 0.25) is 5.91 Å². The number of amides is 1. The molecule has 2 aliphatic rings. The van der Waals surface area contributed by atoms with E-state index in [2.05, 4.69) is 63.5 Å². The summed E-state index contributed by atoms with van der Waals surface area (Å²) in [6.07, 6.45) is 3.76. The van der Waals surface area contributed by atoms with Crippen molar-refractivity contribution >= 4 is 41.5 Å². The van der Waals surface area contributed by atoms with Crippen LogP contribution in [0.2, 0.25) is 0 Å². The summed E-state index contributed by atoms with van der Waals surface area (Å²) in [4.78, 5) is 23.4. The molecule has 8 heteroatoms. The average molecular weight is 557 g/mol. The lowest BCUT2D eigenvalue weighted by atomic mass is 10.2. The molecule has 0 spiro atoms. The molecule has 2 heterocycles. The Morgan fingerprint density at radius 1 is 1.06 bits per heavy atom. The molecule has 2 N–H and O–H groups in total. The van der Waals surface area contributed by atoms with Crippen molar-refractivity contribution < 1.29 is 4.79 Å². The first-order valence-electron chi connectivity index (χ1n) is 12.0. The number of carbonyl (C=O) groups excluding carboxylic acids is 1. The third kappa shape index (κ3) is 8.77. The second-order valence-corrected chi connectivity index (χ2v) is 8.55. The lowest BCUT2D eigenvalue weighted by Crippen LogP contribution is -2.47. The number of aliphatic imine (C=N–C) groups is 1. The predicted octanol–water partition coefficient (Wildman–Crippen LogP) is 2.69. The summed E-state index contributed by atoms with van der Waals surface area (Å²) in [6.45, 7) is 14.1. The van der Waals surface area contributed by atoms with Crippen molar-refractivity contribution in [2.24, 2.45) is 4.99 Å². The van der Waals surface area contributed by atoms with Gasteiger partial charge in [-0.3, -0.25) is 14.7 Å². The summed E-state index contributed by atoms with van der Waals surface area (Å²) < 4.78 is 0. The van der Waals surface area contributed by atoms with Crippen LogP contribution < -0.4 is 15.5 Å². The van der Waals surface area contributed by atoms with Crippen LogP contribution in [0, 0.1) is 6.92 Å². The Bertz CT molecular complexity index is 720. The zero-order valence-corrected chi connectivity index (χ0v) is 22.1. The molecule has 2 aliphatic heterocycles. The van der Waals surface area contributed by atoms with Crippen LogP contribution in [0.3, 0.4) is 0 Å². The van der Waals surface area contributed by atoms with E-state index < -0.39 is 0 Å². The predicted molar refractivity (Wildman–Crippen MR) is 144 cm³/mol. The van der Waals surface area contributed by atoms with Crippen LogP contribution in [-0.4, -0.2) is 87.1 Å². The van der Waals surface area contributed by atoms with Gasteiger partial charge in [0, 0.05) is 71.0 Å². The average Bonchev–Trinajstić information content (AvgIpc) is 3.19. The van der Waals surface area contributed by atoms with E-state index in [0.29, 0.717) is 12.3 Å². The Morgan fingerprint density at radius 2 is 1.88 bits per heavy atom. The molecule has 1 aromatic carbocycles. The molecule has 0 aliphatic carbocycles. The van der Waals surface area contributed by atoms with Crippen molar-refractivity contribution in [2.45, 2.75) is 39.5 Å². The molecule has 0 saturated carbocycles. The summed E-state index contributed by atoms with van der Waals surface area (Å²) in [5.41, 5.74) is 2.68. The molecule has 3 rings (SSSR count). The van der Waals surface area contributed by atoms with Gasteiger partial charge in [-0.05, 0) is 57.4 Å². The van der Waals surface area contributed by atoms with E-state index in [-0.39, 0.29) is 24.0 Å². The lowest BCUT2D eigenvalue weighted by molar-refractivity contribution is -0.127. The molecule has 1 amide bonds. The van der Waals surface area contributed by atoms with Gasteiger partial charge in [-0.1, -0.05) is 12.1 Å². The maximum Gasteiger partial charge on any atom is 0.222 e. The second-order valence-electron chi connectivity index (χ2n) is 8.55. The molecule has 0 aromatic heterocycles. The van der Waals surface area contributed by atoms with Crippen LogP contribution in [-0.2, 0) is 4.79 Å². The van der Waals surface area contributed by atoms with Crippen LogP contribution in [0.15, 0.2) is 29.3 Å². The molecule has 0 unspecified atom stereocenters. The highest BCUT2D eigenvalue weighted by molar-refractivity contribution is 14.0. The number of hydrogen-bond acceptors (Lipinski definition) is 4. The van der Waals surface area contributed by atoms with Gasteiger partial charge in [0.1, 0.15) is 0 Å². The minimum absolute atomic E-state index is 0. The maximum atomic E-state index is 11.7. The number of piperazine rings is 1. The van der Waals surface area contributed by atoms with Crippen molar-refractivity contribution in [1.82, 2.24) is 20.4 Å². The standard InChI is InChI=1S/C24H40N6O.HI/c1-3-25-24(27-12-7-15-30-14-5-10-23(30)31)26-11-6-13-28-16-18-29(19-17-28)22-9-4-8-21(2)20-22;/h4,8-9,20H,3,5-7,10-19H2,1-2H3,(H2,25,26,27);1H. The third-order valence-corrected chi connectivity index (χ3v) is 6.05. The van der Waals surface area contributed by atoms with Gasteiger partial charge in [0.05, 0.1) is 0 Å². The van der Waals surface area contributed by atoms with E-state index in [0.717, 1.165) is 90.7 Å². The van der Waals surface area contributed by atoms with E-state index >= 15 is 0 Å². The molecule has 2 saturated heterocycles. The maximum absolute atomic E-state index is 11.7. The number of nitrogens with one attached hydrogen (secondary N) is 2. The molecular formula is C24H41IN6O. The van der Waals surface area contributed by atoms with E-state index in [1.165, 1.54) is 11.3 Å². The summed E-state index contributed by atoms with van der Waals surface area (Å²) in [7, 11) is 0. The van der Waals surface area contributed by atoms with Gasteiger partial charge in [0.15, 0.2) is 5.96 Å². The summed E-state index contributed by atoms with van der Waals surface area (Å²) in [5, 5.41) is 6.78. The van der Waals surface area contributed by atoms with Crippen LogP contribution in [0.25, 0.3) is 0 Å². The van der Waals surface area contributed by atoms with Crippen molar-refractivity contribution in [2.75, 3.05) is 70.3 Å². The number of aryl methyl sites for hydroxylation is 1. The molecular weight excluding hydrogens is 515 g/mol. The fourth-order valence-corrected chi connectivity index (χ4v) is 4.30. The summed E-state index contributed by atoms with van der Waals surface area (Å²) in [5.74, 6) is 1.19. The fourth-order valence-electron chi connectivity index (χ4n) is 4.30. The molecule has 0 bridgehead atoms. The Labute approximate surface area is 211 Å². The van der Waals surface area contributed by atoms with Gasteiger partial charge < -0.3 is 20.4 Å². The van der Waals surface area contributed by atoms with Crippen LogP contribution in [0.4, 0.5) is 5.69 Å². The fraction of sp³-hybridized carbons (Fsp3) is 0.667. The van der Waals surface area contributed by atoms with Gasteiger partial charge >= 0.3 is 0 Å². The van der Waals surface area contributed by atoms with Gasteiger partial charge in [0.25, 0.3) is 0 Å². The number of carbonyl (C=O) groups is 1. The normalized spacial score (nSPS) is 17.4. The first-order chi connectivity index (χ1) is 15.2. The molecule has 0 radical (unpaired) electrons. The van der Waals surface area contributed by atoms with E-state index in [1.807, 2.05) is 4.90 Å². The van der Waals surface area contributed by atoms with Crippen molar-refractivity contribution in [3.05, 3.63) is 29.8 Å². The molecule has 0 atom stereocenters. The molecule has 7 nitrogen and oxygen atoms in total. The number of halogens is 1. The second kappa shape index (κ2) is 14.6. The third-order valence-electron chi connectivity index (χ3n) is 6.05. The number of hydrogen-bond donors (Lipinski definition) is 2. The molecule has 180 valence electrons. The minimum Gasteiger partial charge on any atom is -0.369 e. The Kier molecular flexibility index (Phi) is 12.2. The topological polar surface area (TPSA) is 63.2 Å². The Balaban J connectivity index is 0.00000363. The molecule has 1 aromatic rings. The number of benzene rings is 1. The first kappa shape index (κ1) is 26.7. The zero-order valence-electron chi connectivity index (χ0n) is 19.8. The molecule has 32 heavy (non-hydrogen) atoms. The highest BCUT2D eigenvalue weighted by atomic mass is 127. The smallest absolute Gasteiger partial charge is 0.222 e. The zero-order chi connectivity index (χ0) is 21.9. The number of nitrogens with zero attached hydrogens (tertiary/aromatic N) is 4. The number of anilines is 1. The van der Waals surface area contributed by atoms with E-state index in [4.69, 9.17) is 0 Å². The SMILES string of the molecule is CCNC(=NCCCN1CCCC1=O)NCCCN1CCN(c2cccc(C)c2)CC1.I. The minimum atomic E-state index is 0. The monoisotopic (exact) mass is 556 g/mol. The Morgan fingerprint density at radius 3 is 2.56 bits per heavy atom. The van der Waals surface area contributed by atoms with Crippen molar-refractivity contribution in [1.29, 1.82) is 0 Å². The summed E-state index contributed by atoms with van der Waals surface area (Å²) in [6, 6.07) is 8.81. The first-order valence-corrected chi connectivity index (χ1v) is 12.0. The largest absolute Gasteiger partial charge is 0.369 e. The van der Waals surface area contributed by atoms with E-state index in [9.17, 15) is 4.79 Å². The summed E-state index contributed by atoms with van der Waals surface area (Å²) >= 11 is 0.